The van der Waals surface area contributed by atoms with Crippen molar-refractivity contribution < 1.29 is 18.8 Å². The standard InChI is InChI=1S/C19H20N2O4S/c22-10-13-5-3-7-21(13)19(24)17-18(26-11-20-17)15(23)9-14-8-12-4-1-2-6-16(12)25-14/h1-2,4,6,8,10,13,17-18,20H,3,5,7,9,11H2/t13-,17-,18?/m0/s1. The van der Waals surface area contributed by atoms with Gasteiger partial charge in [0, 0.05) is 17.8 Å². The van der Waals surface area contributed by atoms with Crippen molar-refractivity contribution in [3.05, 3.63) is 36.1 Å². The minimum Gasteiger partial charge on any atom is -0.461 e. The second kappa shape index (κ2) is 7.25. The third kappa shape index (κ3) is 3.17. The molecule has 1 amide bonds. The van der Waals surface area contributed by atoms with E-state index in [1.807, 2.05) is 30.3 Å². The molecule has 2 aliphatic heterocycles. The van der Waals surface area contributed by atoms with Crippen LogP contribution in [0.25, 0.3) is 11.0 Å². The summed E-state index contributed by atoms with van der Waals surface area (Å²) >= 11 is 1.44. The predicted octanol–water partition coefficient (Wildman–Crippen LogP) is 1.77. The van der Waals surface area contributed by atoms with Crippen molar-refractivity contribution in [3.63, 3.8) is 0 Å². The van der Waals surface area contributed by atoms with Gasteiger partial charge >= 0.3 is 0 Å². The molecule has 0 aliphatic carbocycles. The summed E-state index contributed by atoms with van der Waals surface area (Å²) in [5.74, 6) is 0.987. The lowest BCUT2D eigenvalue weighted by atomic mass is 10.0. The SMILES string of the molecule is O=C[C@@H]1CCCN1C(=O)[C@H]1NCSC1C(=O)Cc1cc2ccccc2o1. The van der Waals surface area contributed by atoms with Crippen LogP contribution in [0.4, 0.5) is 0 Å². The van der Waals surface area contributed by atoms with E-state index in [2.05, 4.69) is 5.32 Å². The Morgan fingerprint density at radius 1 is 1.35 bits per heavy atom. The zero-order valence-corrected chi connectivity index (χ0v) is 15.0. The molecule has 136 valence electrons. The van der Waals surface area contributed by atoms with E-state index >= 15 is 0 Å². The lowest BCUT2D eigenvalue weighted by Gasteiger charge is -2.26. The Labute approximate surface area is 155 Å². The molecular weight excluding hydrogens is 352 g/mol. The number of likely N-dealkylation sites (tertiary alicyclic amines) is 1. The number of hydrogen-bond donors (Lipinski definition) is 1. The summed E-state index contributed by atoms with van der Waals surface area (Å²) in [5, 5.41) is 3.63. The van der Waals surface area contributed by atoms with Crippen LogP contribution in [0.2, 0.25) is 0 Å². The van der Waals surface area contributed by atoms with Crippen LogP contribution >= 0.6 is 11.8 Å². The van der Waals surface area contributed by atoms with Crippen molar-refractivity contribution in [1.82, 2.24) is 10.2 Å². The molecule has 2 aromatic rings. The highest BCUT2D eigenvalue weighted by Crippen LogP contribution is 2.28. The van der Waals surface area contributed by atoms with E-state index < -0.39 is 11.3 Å². The van der Waals surface area contributed by atoms with Crippen molar-refractivity contribution in [3.8, 4) is 0 Å². The second-order valence-electron chi connectivity index (χ2n) is 6.68. The summed E-state index contributed by atoms with van der Waals surface area (Å²) < 4.78 is 5.74. The van der Waals surface area contributed by atoms with Gasteiger partial charge < -0.3 is 14.1 Å². The number of nitrogens with one attached hydrogen (secondary N) is 1. The Bertz CT molecular complexity index is 816. The molecule has 1 aromatic heterocycles. The number of thioether (sulfide) groups is 1. The van der Waals surface area contributed by atoms with Gasteiger partial charge in [-0.3, -0.25) is 14.9 Å². The maximum Gasteiger partial charge on any atom is 0.241 e. The molecule has 1 unspecified atom stereocenters. The first-order chi connectivity index (χ1) is 12.7. The number of aldehydes is 1. The molecule has 4 rings (SSSR count). The van der Waals surface area contributed by atoms with Crippen molar-refractivity contribution in [2.75, 3.05) is 12.4 Å². The first kappa shape index (κ1) is 17.3. The van der Waals surface area contributed by atoms with Gasteiger partial charge in [0.05, 0.1) is 17.7 Å². The fourth-order valence-electron chi connectivity index (χ4n) is 3.71. The number of para-hydroxylation sites is 1. The average Bonchev–Trinajstić information content (AvgIpc) is 3.38. The van der Waals surface area contributed by atoms with Gasteiger partial charge in [-0.1, -0.05) is 18.2 Å². The minimum atomic E-state index is -0.572. The lowest BCUT2D eigenvalue weighted by molar-refractivity contribution is -0.137. The van der Waals surface area contributed by atoms with Gasteiger partial charge in [-0.15, -0.1) is 11.8 Å². The summed E-state index contributed by atoms with van der Waals surface area (Å²) in [7, 11) is 0. The number of rotatable bonds is 5. The van der Waals surface area contributed by atoms with Crippen LogP contribution in [0.5, 0.6) is 0 Å². The number of Topliss-reactive ketones (excluding diaryl/α,β-unsaturated/α-hetero) is 1. The molecule has 3 atom stereocenters. The first-order valence-electron chi connectivity index (χ1n) is 8.78. The first-order valence-corrected chi connectivity index (χ1v) is 9.83. The number of fused-ring (bicyclic) bond motifs is 1. The predicted molar refractivity (Wildman–Crippen MR) is 98.9 cm³/mol. The van der Waals surface area contributed by atoms with Crippen LogP contribution in [-0.2, 0) is 20.8 Å². The Kier molecular flexibility index (Phi) is 4.82. The largest absolute Gasteiger partial charge is 0.461 e. The van der Waals surface area contributed by atoms with E-state index in [9.17, 15) is 14.4 Å². The summed E-state index contributed by atoms with van der Waals surface area (Å²) in [4.78, 5) is 38.4. The molecule has 2 aliphatic rings. The highest BCUT2D eigenvalue weighted by Gasteiger charge is 2.42. The normalized spacial score (nSPS) is 25.7. The van der Waals surface area contributed by atoms with E-state index in [1.165, 1.54) is 11.8 Å². The molecule has 2 fully saturated rings. The average molecular weight is 372 g/mol. The third-order valence-electron chi connectivity index (χ3n) is 5.02. The maximum atomic E-state index is 12.8. The zero-order valence-electron chi connectivity index (χ0n) is 14.2. The Morgan fingerprint density at radius 2 is 2.19 bits per heavy atom. The van der Waals surface area contributed by atoms with Crippen LogP contribution in [0.1, 0.15) is 18.6 Å². The molecule has 6 nitrogen and oxygen atoms in total. The van der Waals surface area contributed by atoms with Gasteiger partial charge in [-0.25, -0.2) is 0 Å². The van der Waals surface area contributed by atoms with Crippen LogP contribution in [0, 0.1) is 0 Å². The van der Waals surface area contributed by atoms with Crippen molar-refractivity contribution >= 4 is 40.7 Å². The van der Waals surface area contributed by atoms with Gasteiger partial charge in [0.25, 0.3) is 0 Å². The number of ketones is 1. The van der Waals surface area contributed by atoms with Crippen LogP contribution in [-0.4, -0.2) is 52.6 Å². The molecular formula is C19H20N2O4S. The summed E-state index contributed by atoms with van der Waals surface area (Å²) in [5.41, 5.74) is 0.756. The van der Waals surface area contributed by atoms with Gasteiger partial charge in [-0.05, 0) is 25.0 Å². The van der Waals surface area contributed by atoms with Crippen LogP contribution in [0.3, 0.4) is 0 Å². The molecule has 1 aromatic carbocycles. The van der Waals surface area contributed by atoms with Crippen molar-refractivity contribution in [1.29, 1.82) is 0 Å². The van der Waals surface area contributed by atoms with E-state index in [-0.39, 0.29) is 24.2 Å². The molecule has 0 radical (unpaired) electrons. The van der Waals surface area contributed by atoms with Crippen molar-refractivity contribution in [2.45, 2.75) is 36.6 Å². The number of furan rings is 1. The number of hydrogen-bond acceptors (Lipinski definition) is 6. The van der Waals surface area contributed by atoms with Gasteiger partial charge in [0.15, 0.2) is 5.78 Å². The third-order valence-corrected chi connectivity index (χ3v) is 6.24. The molecule has 0 bridgehead atoms. The lowest BCUT2D eigenvalue weighted by Crippen LogP contribution is -2.51. The molecule has 7 heteroatoms. The smallest absolute Gasteiger partial charge is 0.241 e. The Hall–Kier alpha value is -2.12. The van der Waals surface area contributed by atoms with E-state index in [0.717, 1.165) is 23.7 Å². The monoisotopic (exact) mass is 372 g/mol. The van der Waals surface area contributed by atoms with Gasteiger partial charge in [0.2, 0.25) is 5.91 Å². The topological polar surface area (TPSA) is 79.6 Å². The maximum absolute atomic E-state index is 12.8. The van der Waals surface area contributed by atoms with Gasteiger partial charge in [0.1, 0.15) is 23.7 Å². The summed E-state index contributed by atoms with van der Waals surface area (Å²) in [6.45, 7) is 0.579. The minimum absolute atomic E-state index is 0.0285. The highest BCUT2D eigenvalue weighted by molar-refractivity contribution is 8.00. The molecule has 0 saturated carbocycles. The van der Waals surface area contributed by atoms with Crippen LogP contribution < -0.4 is 5.32 Å². The Balaban J connectivity index is 1.47. The molecule has 2 saturated heterocycles. The quantitative estimate of drug-likeness (QED) is 0.806. The van der Waals surface area contributed by atoms with E-state index in [0.29, 0.717) is 24.6 Å². The summed E-state index contributed by atoms with van der Waals surface area (Å²) in [6, 6.07) is 8.57. The number of nitrogens with zero attached hydrogens (tertiary/aromatic N) is 1. The Morgan fingerprint density at radius 3 is 3.00 bits per heavy atom. The highest BCUT2D eigenvalue weighted by atomic mass is 32.2. The second-order valence-corrected chi connectivity index (χ2v) is 7.81. The van der Waals surface area contributed by atoms with Gasteiger partial charge in [-0.2, -0.15) is 0 Å². The zero-order chi connectivity index (χ0) is 18.1. The number of carbonyl (C=O) groups excluding carboxylic acids is 3. The molecule has 26 heavy (non-hydrogen) atoms. The van der Waals surface area contributed by atoms with Crippen LogP contribution in [0.15, 0.2) is 34.7 Å². The number of amides is 1. The number of carbonyl (C=O) groups is 3. The number of benzene rings is 1. The fraction of sp³-hybridized carbons (Fsp3) is 0.421. The fourth-order valence-corrected chi connectivity index (χ4v) is 4.84. The molecule has 3 heterocycles. The van der Waals surface area contributed by atoms with Crippen molar-refractivity contribution in [2.24, 2.45) is 0 Å². The molecule has 0 spiro atoms. The molecule has 1 N–H and O–H groups in total. The van der Waals surface area contributed by atoms with E-state index in [4.69, 9.17) is 4.42 Å². The van der Waals surface area contributed by atoms with E-state index in [1.54, 1.807) is 4.90 Å². The summed E-state index contributed by atoms with van der Waals surface area (Å²) in [6.07, 6.45) is 2.52.